The second kappa shape index (κ2) is 11.6. The van der Waals surface area contributed by atoms with E-state index in [1.54, 1.807) is 13.8 Å². The van der Waals surface area contributed by atoms with Crippen LogP contribution < -0.4 is 16.8 Å². The largest absolute Gasteiger partial charge is 0.455 e. The molecule has 14 heteroatoms. The highest BCUT2D eigenvalue weighted by Gasteiger charge is 2.59. The zero-order valence-electron chi connectivity index (χ0n) is 21.8. The van der Waals surface area contributed by atoms with E-state index in [2.05, 4.69) is 15.4 Å². The summed E-state index contributed by atoms with van der Waals surface area (Å²) in [5, 5.41) is 38.0. The number of ether oxygens (including phenoxy) is 2. The SMILES string of the molecule is CC(C)C(N)C(=O)O[C@H]1[C@@H](O)[C@](C#N)(c2ccc3c(NC(=O)C(N)Cc4ccc(F)cc4)ncnn23)O[C@@H]1CO. The van der Waals surface area contributed by atoms with Gasteiger partial charge in [0.2, 0.25) is 11.5 Å². The Labute approximate surface area is 228 Å². The van der Waals surface area contributed by atoms with E-state index in [4.69, 9.17) is 20.9 Å². The minimum absolute atomic E-state index is 0.0381. The Morgan fingerprint density at radius 2 is 1.98 bits per heavy atom. The van der Waals surface area contributed by atoms with Crippen molar-refractivity contribution in [3.05, 3.63) is 59.8 Å². The van der Waals surface area contributed by atoms with Gasteiger partial charge in [-0.05, 0) is 42.2 Å². The first kappa shape index (κ1) is 29.0. The molecule has 0 saturated carbocycles. The second-order valence-corrected chi connectivity index (χ2v) is 9.85. The number of carbonyl (C=O) groups is 2. The van der Waals surface area contributed by atoms with Gasteiger partial charge < -0.3 is 36.5 Å². The maximum Gasteiger partial charge on any atom is 0.323 e. The van der Waals surface area contributed by atoms with Gasteiger partial charge in [-0.2, -0.15) is 10.4 Å². The lowest BCUT2D eigenvalue weighted by atomic mass is 9.92. The Balaban J connectivity index is 1.60. The molecule has 40 heavy (non-hydrogen) atoms. The van der Waals surface area contributed by atoms with Crippen molar-refractivity contribution in [1.82, 2.24) is 14.6 Å². The van der Waals surface area contributed by atoms with Crippen LogP contribution in [0, 0.1) is 23.1 Å². The highest BCUT2D eigenvalue weighted by Crippen LogP contribution is 2.41. The number of nitrogens with one attached hydrogen (secondary N) is 1. The fourth-order valence-corrected chi connectivity index (χ4v) is 4.43. The first-order chi connectivity index (χ1) is 19.0. The van der Waals surface area contributed by atoms with Crippen molar-refractivity contribution in [3.63, 3.8) is 0 Å². The third-order valence-electron chi connectivity index (χ3n) is 6.80. The Morgan fingerprint density at radius 3 is 2.60 bits per heavy atom. The van der Waals surface area contributed by atoms with Crippen LogP contribution in [0.2, 0.25) is 0 Å². The number of amides is 1. The molecule has 1 aromatic carbocycles. The quantitative estimate of drug-likeness (QED) is 0.217. The average Bonchev–Trinajstić information content (AvgIpc) is 3.49. The standard InChI is InChI=1S/C26H30FN7O6/c1-13(2)20(30)25(38)39-21-18(10-35)40-26(11-28,22(21)36)19-8-7-17-23(31-12-32-34(17)19)33-24(37)16(29)9-14-3-5-15(27)6-4-14/h3-8,12-13,16,18,20-22,35-36H,9-10,29-30H2,1-2H3,(H,31,32,33,37)/t16?,18-,20?,21-,22-,26+/m1/s1. The molecule has 1 amide bonds. The van der Waals surface area contributed by atoms with E-state index < -0.39 is 60.3 Å². The summed E-state index contributed by atoms with van der Waals surface area (Å²) in [6, 6.07) is 8.47. The number of benzene rings is 1. The number of aliphatic hydroxyl groups is 2. The van der Waals surface area contributed by atoms with Crippen molar-refractivity contribution in [1.29, 1.82) is 5.26 Å². The van der Waals surface area contributed by atoms with Crippen LogP contribution in [0.4, 0.5) is 10.2 Å². The van der Waals surface area contributed by atoms with Gasteiger partial charge in [-0.25, -0.2) is 13.9 Å². The predicted molar refractivity (Wildman–Crippen MR) is 138 cm³/mol. The number of halogens is 1. The minimum atomic E-state index is -2.11. The number of nitriles is 1. The van der Waals surface area contributed by atoms with E-state index in [9.17, 15) is 29.5 Å². The number of rotatable bonds is 9. The molecular formula is C26H30FN7O6. The van der Waals surface area contributed by atoms with Crippen LogP contribution >= 0.6 is 0 Å². The lowest BCUT2D eigenvalue weighted by Crippen LogP contribution is -2.46. The smallest absolute Gasteiger partial charge is 0.323 e. The zero-order valence-corrected chi connectivity index (χ0v) is 21.8. The van der Waals surface area contributed by atoms with E-state index >= 15 is 0 Å². The van der Waals surface area contributed by atoms with Crippen molar-refractivity contribution in [3.8, 4) is 6.07 Å². The summed E-state index contributed by atoms with van der Waals surface area (Å²) in [4.78, 5) is 29.4. The van der Waals surface area contributed by atoms with Crippen LogP contribution in [0.3, 0.4) is 0 Å². The molecule has 7 N–H and O–H groups in total. The fourth-order valence-electron chi connectivity index (χ4n) is 4.43. The number of anilines is 1. The number of aliphatic hydroxyl groups excluding tert-OH is 2. The number of hydrogen-bond donors (Lipinski definition) is 5. The van der Waals surface area contributed by atoms with Gasteiger partial charge in [-0.3, -0.25) is 9.59 Å². The molecule has 0 spiro atoms. The monoisotopic (exact) mass is 555 g/mol. The molecule has 1 saturated heterocycles. The van der Waals surface area contributed by atoms with Gasteiger partial charge in [0, 0.05) is 0 Å². The first-order valence-corrected chi connectivity index (χ1v) is 12.5. The summed E-state index contributed by atoms with van der Waals surface area (Å²) in [6.45, 7) is 2.77. The van der Waals surface area contributed by atoms with Crippen LogP contribution in [0.1, 0.15) is 25.1 Å². The molecule has 1 aliphatic rings. The van der Waals surface area contributed by atoms with Crippen molar-refractivity contribution < 1.29 is 33.7 Å². The summed E-state index contributed by atoms with van der Waals surface area (Å²) in [7, 11) is 0. The van der Waals surface area contributed by atoms with Crippen LogP contribution in [0.5, 0.6) is 0 Å². The van der Waals surface area contributed by atoms with E-state index in [-0.39, 0.29) is 29.4 Å². The Kier molecular flexibility index (Phi) is 8.43. The molecule has 13 nitrogen and oxygen atoms in total. The van der Waals surface area contributed by atoms with Gasteiger partial charge >= 0.3 is 5.97 Å². The first-order valence-electron chi connectivity index (χ1n) is 12.5. The maximum absolute atomic E-state index is 13.2. The Morgan fingerprint density at radius 1 is 1.27 bits per heavy atom. The van der Waals surface area contributed by atoms with Crippen LogP contribution in [0.25, 0.3) is 5.52 Å². The van der Waals surface area contributed by atoms with Gasteiger partial charge in [0.15, 0.2) is 11.9 Å². The Hall–Kier alpha value is -4.00. The van der Waals surface area contributed by atoms with Crippen LogP contribution in [-0.2, 0) is 31.1 Å². The second-order valence-electron chi connectivity index (χ2n) is 9.85. The highest BCUT2D eigenvalue weighted by molar-refractivity contribution is 5.97. The normalized spacial score (nSPS) is 24.0. The van der Waals surface area contributed by atoms with Gasteiger partial charge in [-0.15, -0.1) is 0 Å². The molecule has 3 heterocycles. The van der Waals surface area contributed by atoms with E-state index in [0.29, 0.717) is 5.56 Å². The van der Waals surface area contributed by atoms with E-state index in [1.165, 1.54) is 40.9 Å². The number of fused-ring (bicyclic) bond motifs is 1. The van der Waals surface area contributed by atoms with Crippen LogP contribution in [-0.4, -0.2) is 73.7 Å². The number of aromatic nitrogens is 3. The summed E-state index contributed by atoms with van der Waals surface area (Å²) in [5.41, 5.74) is 10.7. The lowest BCUT2D eigenvalue weighted by Gasteiger charge is -2.25. The number of nitrogens with two attached hydrogens (primary N) is 2. The van der Waals surface area contributed by atoms with Crippen molar-refractivity contribution in [2.24, 2.45) is 17.4 Å². The van der Waals surface area contributed by atoms with E-state index in [0.717, 1.165) is 6.33 Å². The molecule has 2 aromatic heterocycles. The minimum Gasteiger partial charge on any atom is -0.455 e. The topological polar surface area (TPSA) is 211 Å². The molecule has 0 aliphatic carbocycles. The van der Waals surface area contributed by atoms with Crippen LogP contribution in [0.15, 0.2) is 42.7 Å². The summed E-state index contributed by atoms with van der Waals surface area (Å²) < 4.78 is 25.6. The van der Waals surface area contributed by atoms with Gasteiger partial charge in [0.25, 0.3) is 0 Å². The zero-order chi connectivity index (χ0) is 29.2. The molecule has 6 atom stereocenters. The number of hydrogen-bond acceptors (Lipinski definition) is 11. The van der Waals surface area contributed by atoms with Gasteiger partial charge in [-0.1, -0.05) is 26.0 Å². The van der Waals surface area contributed by atoms with Crippen molar-refractivity contribution >= 4 is 23.2 Å². The highest BCUT2D eigenvalue weighted by atomic mass is 19.1. The van der Waals surface area contributed by atoms with Crippen molar-refractivity contribution in [2.45, 2.75) is 56.3 Å². The molecule has 212 valence electrons. The number of esters is 1. The van der Waals surface area contributed by atoms with Crippen molar-refractivity contribution in [2.75, 3.05) is 11.9 Å². The fraction of sp³-hybridized carbons (Fsp3) is 0.423. The lowest BCUT2D eigenvalue weighted by molar-refractivity contribution is -0.159. The van der Waals surface area contributed by atoms with Gasteiger partial charge in [0.05, 0.1) is 18.3 Å². The molecule has 0 radical (unpaired) electrons. The van der Waals surface area contributed by atoms with Gasteiger partial charge in [0.1, 0.15) is 42.0 Å². The molecule has 1 fully saturated rings. The molecule has 4 rings (SSSR count). The molecular weight excluding hydrogens is 525 g/mol. The Bertz CT molecular complexity index is 1430. The summed E-state index contributed by atoms with van der Waals surface area (Å²) >= 11 is 0. The number of nitrogens with zero attached hydrogens (tertiary/aromatic N) is 4. The summed E-state index contributed by atoms with van der Waals surface area (Å²) in [5.74, 6) is -2.00. The maximum atomic E-state index is 13.2. The number of carbonyl (C=O) groups excluding carboxylic acids is 2. The molecule has 1 aliphatic heterocycles. The third-order valence-corrected chi connectivity index (χ3v) is 6.80. The predicted octanol–water partition coefficient (Wildman–Crippen LogP) is -0.257. The molecule has 0 bridgehead atoms. The summed E-state index contributed by atoms with van der Waals surface area (Å²) in [6.07, 6.45) is -3.12. The molecule has 3 aromatic rings. The third kappa shape index (κ3) is 5.37. The molecule has 2 unspecified atom stereocenters. The average molecular weight is 556 g/mol. The van der Waals surface area contributed by atoms with E-state index in [1.807, 2.05) is 6.07 Å².